The van der Waals surface area contributed by atoms with E-state index in [1.807, 2.05) is 51.1 Å². The summed E-state index contributed by atoms with van der Waals surface area (Å²) in [7, 11) is 0. The third-order valence-corrected chi connectivity index (χ3v) is 3.49. The maximum absolute atomic E-state index is 9.35. The van der Waals surface area contributed by atoms with Crippen LogP contribution in [0.4, 0.5) is 11.4 Å². The first-order valence-electron chi connectivity index (χ1n) is 8.03. The Morgan fingerprint density at radius 3 is 2.71 bits per heavy atom. The Bertz CT molecular complexity index is 723. The zero-order chi connectivity index (χ0) is 17.4. The number of ether oxygens (including phenoxy) is 2. The summed E-state index contributed by atoms with van der Waals surface area (Å²) in [6, 6.07) is 12.1. The van der Waals surface area contributed by atoms with Crippen LogP contribution in [0.2, 0.25) is 0 Å². The van der Waals surface area contributed by atoms with Crippen LogP contribution in [-0.4, -0.2) is 24.8 Å². The van der Waals surface area contributed by atoms with E-state index in [1.165, 1.54) is 0 Å². The molecule has 2 rings (SSSR count). The molecular formula is C19H23N3O2. The molecule has 0 spiro atoms. The van der Waals surface area contributed by atoms with Crippen LogP contribution in [0, 0.1) is 25.2 Å². The van der Waals surface area contributed by atoms with Gasteiger partial charge >= 0.3 is 0 Å². The molecule has 0 aliphatic rings. The molecule has 0 amide bonds. The van der Waals surface area contributed by atoms with Crippen LogP contribution in [-0.2, 0) is 16.1 Å². The number of hydrogen-bond acceptors (Lipinski definition) is 5. The monoisotopic (exact) mass is 325 g/mol. The Balaban J connectivity index is 2.06. The highest BCUT2D eigenvalue weighted by molar-refractivity contribution is 5.68. The average Bonchev–Trinajstić information content (AvgIpc) is 2.55. The second kappa shape index (κ2) is 9.02. The van der Waals surface area contributed by atoms with E-state index < -0.39 is 0 Å². The van der Waals surface area contributed by atoms with Gasteiger partial charge < -0.3 is 14.8 Å². The van der Waals surface area contributed by atoms with E-state index >= 15 is 0 Å². The van der Waals surface area contributed by atoms with Crippen molar-refractivity contribution in [2.24, 2.45) is 0 Å². The molecule has 0 aliphatic heterocycles. The predicted molar refractivity (Wildman–Crippen MR) is 94.3 cm³/mol. The van der Waals surface area contributed by atoms with Crippen LogP contribution in [0.25, 0.3) is 0 Å². The van der Waals surface area contributed by atoms with E-state index in [1.54, 1.807) is 0 Å². The van der Waals surface area contributed by atoms with Crippen molar-refractivity contribution in [2.45, 2.75) is 27.4 Å². The quantitative estimate of drug-likeness (QED) is 0.746. The Morgan fingerprint density at radius 2 is 1.96 bits per heavy atom. The maximum atomic E-state index is 9.35. The smallest absolute Gasteiger partial charge is 0.103 e. The lowest BCUT2D eigenvalue weighted by Crippen LogP contribution is -2.04. The lowest BCUT2D eigenvalue weighted by atomic mass is 10.1. The maximum Gasteiger partial charge on any atom is 0.103 e. The fourth-order valence-electron chi connectivity index (χ4n) is 2.41. The van der Waals surface area contributed by atoms with E-state index in [0.29, 0.717) is 32.0 Å². The summed E-state index contributed by atoms with van der Waals surface area (Å²) < 4.78 is 10.8. The minimum atomic E-state index is 0.530. The molecule has 1 aromatic carbocycles. The van der Waals surface area contributed by atoms with Crippen molar-refractivity contribution in [1.29, 1.82) is 5.26 Å². The van der Waals surface area contributed by atoms with Gasteiger partial charge in [-0.15, -0.1) is 0 Å². The standard InChI is InChI=1S/C19H23N3O2/c1-4-23-8-9-24-13-16-6-5-7-17(11-16)22-19-10-14(2)21-15(3)18(19)12-20/h5-7,10-11H,4,8-9,13H2,1-3H3,(H,21,22). The topological polar surface area (TPSA) is 67.2 Å². The van der Waals surface area contributed by atoms with Gasteiger partial charge in [0.2, 0.25) is 0 Å². The van der Waals surface area contributed by atoms with Crippen LogP contribution < -0.4 is 5.32 Å². The van der Waals surface area contributed by atoms with Gasteiger partial charge in [-0.1, -0.05) is 12.1 Å². The zero-order valence-electron chi connectivity index (χ0n) is 14.4. The van der Waals surface area contributed by atoms with Gasteiger partial charge in [0.15, 0.2) is 0 Å². The minimum Gasteiger partial charge on any atom is -0.379 e. The minimum absolute atomic E-state index is 0.530. The molecule has 0 fully saturated rings. The van der Waals surface area contributed by atoms with Gasteiger partial charge in [-0.05, 0) is 44.5 Å². The number of nitrogens with zero attached hydrogens (tertiary/aromatic N) is 2. The number of nitrogens with one attached hydrogen (secondary N) is 1. The molecule has 0 bridgehead atoms. The summed E-state index contributed by atoms with van der Waals surface area (Å²) in [5, 5.41) is 12.7. The van der Waals surface area contributed by atoms with Gasteiger partial charge in [-0.2, -0.15) is 5.26 Å². The number of aryl methyl sites for hydroxylation is 2. The Kier molecular flexibility index (Phi) is 6.74. The van der Waals surface area contributed by atoms with Crippen molar-refractivity contribution in [3.63, 3.8) is 0 Å². The highest BCUT2D eigenvalue weighted by Crippen LogP contribution is 2.24. The van der Waals surface area contributed by atoms with Crippen molar-refractivity contribution in [3.8, 4) is 6.07 Å². The van der Waals surface area contributed by atoms with Crippen LogP contribution in [0.3, 0.4) is 0 Å². The molecule has 5 heteroatoms. The van der Waals surface area contributed by atoms with Crippen molar-refractivity contribution >= 4 is 11.4 Å². The third-order valence-electron chi connectivity index (χ3n) is 3.49. The normalized spacial score (nSPS) is 10.4. The largest absolute Gasteiger partial charge is 0.379 e. The summed E-state index contributed by atoms with van der Waals surface area (Å²) in [5.74, 6) is 0. The lowest BCUT2D eigenvalue weighted by molar-refractivity contribution is 0.0453. The molecule has 126 valence electrons. The molecule has 0 atom stereocenters. The molecule has 1 heterocycles. The van der Waals surface area contributed by atoms with Crippen molar-refractivity contribution < 1.29 is 9.47 Å². The second-order valence-electron chi connectivity index (χ2n) is 5.46. The fourth-order valence-corrected chi connectivity index (χ4v) is 2.41. The lowest BCUT2D eigenvalue weighted by Gasteiger charge is -2.12. The van der Waals surface area contributed by atoms with Crippen molar-refractivity contribution in [1.82, 2.24) is 4.98 Å². The summed E-state index contributed by atoms with van der Waals surface area (Å²) in [6.45, 7) is 8.15. The van der Waals surface area contributed by atoms with Gasteiger partial charge in [-0.3, -0.25) is 4.98 Å². The SMILES string of the molecule is CCOCCOCc1cccc(Nc2cc(C)nc(C)c2C#N)c1. The van der Waals surface area contributed by atoms with Gasteiger partial charge in [0.25, 0.3) is 0 Å². The first kappa shape index (κ1) is 17.9. The van der Waals surface area contributed by atoms with Gasteiger partial charge in [0.05, 0.1) is 36.8 Å². The van der Waals surface area contributed by atoms with E-state index in [4.69, 9.17) is 9.47 Å². The Morgan fingerprint density at radius 1 is 1.17 bits per heavy atom. The fraction of sp³-hybridized carbons (Fsp3) is 0.368. The van der Waals surface area contributed by atoms with Gasteiger partial charge in [-0.25, -0.2) is 0 Å². The molecule has 0 unspecified atom stereocenters. The van der Waals surface area contributed by atoms with Crippen LogP contribution in [0.15, 0.2) is 30.3 Å². The van der Waals surface area contributed by atoms with Crippen molar-refractivity contribution in [3.05, 3.63) is 52.8 Å². The summed E-state index contributed by atoms with van der Waals surface area (Å²) in [5.41, 5.74) is 4.94. The third kappa shape index (κ3) is 5.05. The molecule has 1 N–H and O–H groups in total. The number of benzene rings is 1. The number of aromatic nitrogens is 1. The van der Waals surface area contributed by atoms with Gasteiger partial charge in [0.1, 0.15) is 6.07 Å². The molecule has 0 radical (unpaired) electrons. The molecule has 24 heavy (non-hydrogen) atoms. The van der Waals surface area contributed by atoms with E-state index in [9.17, 15) is 5.26 Å². The Hall–Kier alpha value is -2.42. The number of rotatable bonds is 8. The van der Waals surface area contributed by atoms with E-state index in [2.05, 4.69) is 16.4 Å². The average molecular weight is 325 g/mol. The first-order chi connectivity index (χ1) is 11.6. The number of anilines is 2. The molecule has 5 nitrogen and oxygen atoms in total. The summed E-state index contributed by atoms with van der Waals surface area (Å²) >= 11 is 0. The summed E-state index contributed by atoms with van der Waals surface area (Å²) in [4.78, 5) is 4.33. The predicted octanol–water partition coefficient (Wildman–Crippen LogP) is 3.87. The van der Waals surface area contributed by atoms with Gasteiger partial charge in [0, 0.05) is 18.0 Å². The second-order valence-corrected chi connectivity index (χ2v) is 5.46. The number of nitriles is 1. The van der Waals surface area contributed by atoms with Crippen LogP contribution in [0.1, 0.15) is 29.4 Å². The molecule has 2 aromatic rings. The molecule has 1 aromatic heterocycles. The number of hydrogen-bond donors (Lipinski definition) is 1. The van der Waals surface area contributed by atoms with Crippen molar-refractivity contribution in [2.75, 3.05) is 25.1 Å². The molecule has 0 saturated heterocycles. The van der Waals surface area contributed by atoms with Crippen LogP contribution >= 0.6 is 0 Å². The molecular weight excluding hydrogens is 302 g/mol. The highest BCUT2D eigenvalue weighted by atomic mass is 16.5. The molecule has 0 aliphatic carbocycles. The first-order valence-corrected chi connectivity index (χ1v) is 8.03. The van der Waals surface area contributed by atoms with Crippen LogP contribution in [0.5, 0.6) is 0 Å². The zero-order valence-corrected chi connectivity index (χ0v) is 14.4. The van der Waals surface area contributed by atoms with E-state index in [0.717, 1.165) is 28.3 Å². The molecule has 0 saturated carbocycles. The van der Waals surface area contributed by atoms with E-state index in [-0.39, 0.29) is 0 Å². The number of pyridine rings is 1. The Labute approximate surface area is 143 Å². The highest BCUT2D eigenvalue weighted by Gasteiger charge is 2.08. The summed E-state index contributed by atoms with van der Waals surface area (Å²) in [6.07, 6.45) is 0.